The molecule has 2 amide bonds. The van der Waals surface area contributed by atoms with Crippen molar-refractivity contribution in [1.82, 2.24) is 15.6 Å². The van der Waals surface area contributed by atoms with E-state index in [0.29, 0.717) is 0 Å². The van der Waals surface area contributed by atoms with Crippen molar-refractivity contribution in [3.05, 3.63) is 52.2 Å². The minimum Gasteiger partial charge on any atom is -0.459 e. The SMILES string of the molecule is O=C(NCCNC(=O)c1nc(Cl)ccc1Cl)c1ccco1. The third-order valence-electron chi connectivity index (χ3n) is 2.47. The Kier molecular flexibility index (Phi) is 5.19. The van der Waals surface area contributed by atoms with Crippen LogP contribution >= 0.6 is 23.2 Å². The fraction of sp³-hybridized carbons (Fsp3) is 0.154. The number of hydrogen-bond acceptors (Lipinski definition) is 4. The van der Waals surface area contributed by atoms with Crippen LogP contribution in [-0.4, -0.2) is 29.9 Å². The molecule has 0 aromatic carbocycles. The van der Waals surface area contributed by atoms with E-state index in [-0.39, 0.29) is 40.6 Å². The van der Waals surface area contributed by atoms with Gasteiger partial charge >= 0.3 is 0 Å². The summed E-state index contributed by atoms with van der Waals surface area (Å²) in [5, 5.41) is 5.55. The lowest BCUT2D eigenvalue weighted by molar-refractivity contribution is 0.0909. The van der Waals surface area contributed by atoms with Crippen LogP contribution in [0.15, 0.2) is 34.9 Å². The Bertz CT molecular complexity index is 644. The molecule has 8 heteroatoms. The molecule has 0 atom stereocenters. The molecule has 110 valence electrons. The van der Waals surface area contributed by atoms with Crippen LogP contribution < -0.4 is 10.6 Å². The largest absolute Gasteiger partial charge is 0.459 e. The second-order valence-corrected chi connectivity index (χ2v) is 4.75. The summed E-state index contributed by atoms with van der Waals surface area (Å²) in [7, 11) is 0. The summed E-state index contributed by atoms with van der Waals surface area (Å²) in [6.07, 6.45) is 1.41. The average molecular weight is 328 g/mol. The molecule has 2 heterocycles. The van der Waals surface area contributed by atoms with Gasteiger partial charge in [0.2, 0.25) is 0 Å². The van der Waals surface area contributed by atoms with Crippen LogP contribution in [0.3, 0.4) is 0 Å². The highest BCUT2D eigenvalue weighted by molar-refractivity contribution is 6.34. The zero-order valence-corrected chi connectivity index (χ0v) is 12.2. The van der Waals surface area contributed by atoms with Crippen LogP contribution in [0, 0.1) is 0 Å². The molecular weight excluding hydrogens is 317 g/mol. The number of carbonyl (C=O) groups is 2. The predicted molar refractivity (Wildman–Crippen MR) is 77.6 cm³/mol. The summed E-state index contributed by atoms with van der Waals surface area (Å²) in [6.45, 7) is 0.458. The lowest BCUT2D eigenvalue weighted by atomic mass is 10.3. The molecule has 21 heavy (non-hydrogen) atoms. The fourth-order valence-electron chi connectivity index (χ4n) is 1.51. The highest BCUT2D eigenvalue weighted by Crippen LogP contribution is 2.16. The fourth-order valence-corrected chi connectivity index (χ4v) is 1.85. The minimum atomic E-state index is -0.463. The summed E-state index contributed by atoms with van der Waals surface area (Å²) < 4.78 is 4.93. The van der Waals surface area contributed by atoms with Gasteiger partial charge in [0.25, 0.3) is 11.8 Å². The minimum absolute atomic E-state index is 0.0431. The lowest BCUT2D eigenvalue weighted by Gasteiger charge is -2.07. The molecule has 0 aliphatic heterocycles. The number of carbonyl (C=O) groups excluding carboxylic acids is 2. The zero-order valence-electron chi connectivity index (χ0n) is 10.7. The molecule has 0 fully saturated rings. The van der Waals surface area contributed by atoms with E-state index >= 15 is 0 Å². The second-order valence-electron chi connectivity index (χ2n) is 3.95. The lowest BCUT2D eigenvalue weighted by Crippen LogP contribution is -2.35. The number of pyridine rings is 1. The van der Waals surface area contributed by atoms with Crippen LogP contribution in [0.2, 0.25) is 10.2 Å². The standard InChI is InChI=1S/C13H11Cl2N3O3/c14-8-3-4-10(15)18-11(8)13(20)17-6-5-16-12(19)9-2-1-7-21-9/h1-4,7H,5-6H2,(H,16,19)(H,17,20). The van der Waals surface area contributed by atoms with Crippen molar-refractivity contribution in [3.63, 3.8) is 0 Å². The molecule has 0 saturated carbocycles. The topological polar surface area (TPSA) is 84.2 Å². The van der Waals surface area contributed by atoms with E-state index in [2.05, 4.69) is 15.6 Å². The predicted octanol–water partition coefficient (Wildman–Crippen LogP) is 2.14. The van der Waals surface area contributed by atoms with Gasteiger partial charge in [-0.3, -0.25) is 9.59 Å². The van der Waals surface area contributed by atoms with E-state index in [1.54, 1.807) is 12.1 Å². The van der Waals surface area contributed by atoms with Crippen molar-refractivity contribution in [2.45, 2.75) is 0 Å². The Labute approximate surface area is 130 Å². The van der Waals surface area contributed by atoms with Gasteiger partial charge < -0.3 is 15.1 Å². The molecule has 0 radical (unpaired) electrons. The molecular formula is C13H11Cl2N3O3. The van der Waals surface area contributed by atoms with Gasteiger partial charge in [-0.05, 0) is 24.3 Å². The van der Waals surface area contributed by atoms with Crippen molar-refractivity contribution in [2.75, 3.05) is 13.1 Å². The van der Waals surface area contributed by atoms with Gasteiger partial charge in [-0.15, -0.1) is 0 Å². The first-order valence-corrected chi connectivity index (χ1v) is 6.75. The Balaban J connectivity index is 1.79. The third-order valence-corrected chi connectivity index (χ3v) is 2.98. The molecule has 0 unspecified atom stereocenters. The van der Waals surface area contributed by atoms with Crippen molar-refractivity contribution in [1.29, 1.82) is 0 Å². The number of aromatic nitrogens is 1. The van der Waals surface area contributed by atoms with Gasteiger partial charge in [-0.1, -0.05) is 23.2 Å². The highest BCUT2D eigenvalue weighted by atomic mass is 35.5. The molecule has 0 aliphatic rings. The van der Waals surface area contributed by atoms with Crippen LogP contribution in [0.4, 0.5) is 0 Å². The summed E-state index contributed by atoms with van der Waals surface area (Å²) >= 11 is 11.6. The van der Waals surface area contributed by atoms with Gasteiger partial charge in [-0.25, -0.2) is 4.98 Å². The maximum absolute atomic E-state index is 11.8. The summed E-state index contributed by atoms with van der Waals surface area (Å²) in [4.78, 5) is 27.2. The van der Waals surface area contributed by atoms with Gasteiger partial charge in [0, 0.05) is 13.1 Å². The molecule has 0 aliphatic carbocycles. The maximum atomic E-state index is 11.8. The van der Waals surface area contributed by atoms with E-state index in [0.717, 1.165) is 0 Å². The van der Waals surface area contributed by atoms with E-state index in [1.807, 2.05) is 0 Å². The van der Waals surface area contributed by atoms with Gasteiger partial charge in [0.15, 0.2) is 5.76 Å². The normalized spacial score (nSPS) is 10.2. The van der Waals surface area contributed by atoms with Gasteiger partial charge in [0.1, 0.15) is 10.8 Å². The molecule has 0 saturated heterocycles. The summed E-state index contributed by atoms with van der Waals surface area (Å²) in [5.41, 5.74) is 0.0431. The van der Waals surface area contributed by atoms with Crippen LogP contribution in [0.25, 0.3) is 0 Å². The Morgan fingerprint density at radius 3 is 2.48 bits per heavy atom. The smallest absolute Gasteiger partial charge is 0.287 e. The van der Waals surface area contributed by atoms with Crippen molar-refractivity contribution >= 4 is 35.0 Å². The zero-order chi connectivity index (χ0) is 15.2. The number of halogens is 2. The molecule has 2 aromatic heterocycles. The van der Waals surface area contributed by atoms with Gasteiger partial charge in [0.05, 0.1) is 11.3 Å². The summed E-state index contributed by atoms with van der Waals surface area (Å²) in [5.74, 6) is -0.608. The number of rotatable bonds is 5. The average Bonchev–Trinajstić information content (AvgIpc) is 3.00. The quantitative estimate of drug-likeness (QED) is 0.651. The first-order valence-electron chi connectivity index (χ1n) is 6.00. The molecule has 2 rings (SSSR count). The number of nitrogens with one attached hydrogen (secondary N) is 2. The van der Waals surface area contributed by atoms with Crippen LogP contribution in [0.1, 0.15) is 21.0 Å². The molecule has 2 N–H and O–H groups in total. The Morgan fingerprint density at radius 2 is 1.81 bits per heavy atom. The van der Waals surface area contributed by atoms with Gasteiger partial charge in [-0.2, -0.15) is 0 Å². The summed E-state index contributed by atoms with van der Waals surface area (Å²) in [6, 6.07) is 6.14. The Hall–Kier alpha value is -2.05. The van der Waals surface area contributed by atoms with Crippen LogP contribution in [-0.2, 0) is 0 Å². The third kappa shape index (κ3) is 4.21. The number of amides is 2. The monoisotopic (exact) mass is 327 g/mol. The molecule has 0 bridgehead atoms. The Morgan fingerprint density at radius 1 is 1.10 bits per heavy atom. The number of nitrogens with zero attached hydrogens (tertiary/aromatic N) is 1. The van der Waals surface area contributed by atoms with E-state index in [4.69, 9.17) is 27.6 Å². The second kappa shape index (κ2) is 7.10. The van der Waals surface area contributed by atoms with Crippen molar-refractivity contribution < 1.29 is 14.0 Å². The molecule has 0 spiro atoms. The van der Waals surface area contributed by atoms with E-state index < -0.39 is 5.91 Å². The highest BCUT2D eigenvalue weighted by Gasteiger charge is 2.13. The van der Waals surface area contributed by atoms with E-state index in [1.165, 1.54) is 18.4 Å². The first kappa shape index (κ1) is 15.3. The number of furan rings is 1. The maximum Gasteiger partial charge on any atom is 0.287 e. The van der Waals surface area contributed by atoms with Crippen molar-refractivity contribution in [2.24, 2.45) is 0 Å². The first-order chi connectivity index (χ1) is 10.1. The molecule has 2 aromatic rings. The molecule has 6 nitrogen and oxygen atoms in total. The van der Waals surface area contributed by atoms with E-state index in [9.17, 15) is 9.59 Å². The van der Waals surface area contributed by atoms with Crippen molar-refractivity contribution in [3.8, 4) is 0 Å². The van der Waals surface area contributed by atoms with Crippen LogP contribution in [0.5, 0.6) is 0 Å². The number of hydrogen-bond donors (Lipinski definition) is 2.